The molecule has 3 aromatic rings. The minimum absolute atomic E-state index is 0.0369. The Morgan fingerprint density at radius 1 is 1.26 bits per heavy atom. The number of methoxy groups -OCH3 is 1. The lowest BCUT2D eigenvalue weighted by Crippen LogP contribution is -2.31. The first kappa shape index (κ1) is 21.4. The van der Waals surface area contributed by atoms with Crippen LogP contribution in [-0.2, 0) is 4.79 Å². The average Bonchev–Trinajstić information content (AvgIpc) is 3.36. The number of carbonyl (C=O) groups excluding carboxylic acids is 2. The standard InChI is InChI=1S/C23H24BrN3O4/c1-14(16-4-6-20(30-3)7-5-16)26-11-17(8-22(26)29)15(2)31-21-9-19(24)12-27-23(21)18(13-28)10-25-27/h4-7,9-10,12-15,17H,8,11H2,1-3H3/t14-,15-,17?/m1/s1. The van der Waals surface area contributed by atoms with E-state index in [2.05, 4.69) is 21.0 Å². The SMILES string of the molecule is COc1ccc([C@@H](C)N2CC([C@@H](C)Oc3cc(Br)cn4ncc(C=O)c34)CC2=O)cc1. The molecule has 4 rings (SSSR count). The molecule has 2 aromatic heterocycles. The number of aldehydes is 1. The molecule has 0 N–H and O–H groups in total. The predicted octanol–water partition coefficient (Wildman–Crippen LogP) is 4.29. The fourth-order valence-corrected chi connectivity index (χ4v) is 4.46. The molecule has 0 spiro atoms. The molecule has 3 atom stereocenters. The van der Waals surface area contributed by atoms with E-state index < -0.39 is 0 Å². The Hall–Kier alpha value is -2.87. The molecule has 0 saturated carbocycles. The highest BCUT2D eigenvalue weighted by Gasteiger charge is 2.37. The number of nitrogens with zero attached hydrogens (tertiary/aromatic N) is 3. The van der Waals surface area contributed by atoms with Crippen LogP contribution < -0.4 is 9.47 Å². The molecule has 8 heteroatoms. The molecule has 31 heavy (non-hydrogen) atoms. The van der Waals surface area contributed by atoms with Gasteiger partial charge >= 0.3 is 0 Å². The first-order valence-corrected chi connectivity index (χ1v) is 10.9. The van der Waals surface area contributed by atoms with Crippen molar-refractivity contribution < 1.29 is 19.1 Å². The molecule has 0 aliphatic carbocycles. The number of aromatic nitrogens is 2. The zero-order valence-corrected chi connectivity index (χ0v) is 19.2. The number of rotatable bonds is 7. The number of fused-ring (bicyclic) bond motifs is 1. The van der Waals surface area contributed by atoms with Gasteiger partial charge in [-0.2, -0.15) is 5.10 Å². The fraction of sp³-hybridized carbons (Fsp3) is 0.348. The summed E-state index contributed by atoms with van der Waals surface area (Å²) < 4.78 is 13.9. The third kappa shape index (κ3) is 4.17. The lowest BCUT2D eigenvalue weighted by molar-refractivity contribution is -0.129. The Kier molecular flexibility index (Phi) is 6.00. The van der Waals surface area contributed by atoms with E-state index in [-0.39, 0.29) is 24.0 Å². The number of ether oxygens (including phenoxy) is 2. The van der Waals surface area contributed by atoms with Crippen LogP contribution in [0, 0.1) is 5.92 Å². The Bertz CT molecular complexity index is 1110. The first-order chi connectivity index (χ1) is 14.9. The summed E-state index contributed by atoms with van der Waals surface area (Å²) in [6.45, 7) is 4.61. The lowest BCUT2D eigenvalue weighted by atomic mass is 10.0. The molecular formula is C23H24BrN3O4. The number of amides is 1. The third-order valence-corrected chi connectivity index (χ3v) is 6.36. The van der Waals surface area contributed by atoms with E-state index in [1.54, 1.807) is 17.8 Å². The monoisotopic (exact) mass is 485 g/mol. The van der Waals surface area contributed by atoms with Crippen LogP contribution in [0.2, 0.25) is 0 Å². The highest BCUT2D eigenvalue weighted by molar-refractivity contribution is 9.10. The van der Waals surface area contributed by atoms with Crippen LogP contribution in [-0.4, -0.2) is 46.5 Å². The molecule has 1 aliphatic heterocycles. The molecule has 1 aromatic carbocycles. The van der Waals surface area contributed by atoms with Gasteiger partial charge in [0.05, 0.1) is 24.9 Å². The van der Waals surface area contributed by atoms with Gasteiger partial charge in [0.15, 0.2) is 6.29 Å². The number of likely N-dealkylation sites (tertiary alicyclic amines) is 1. The molecule has 1 aliphatic rings. The summed E-state index contributed by atoms with van der Waals surface area (Å²) >= 11 is 3.46. The Balaban J connectivity index is 1.51. The van der Waals surface area contributed by atoms with Crippen molar-refractivity contribution in [2.45, 2.75) is 32.4 Å². The normalized spacial score (nSPS) is 18.3. The second-order valence-corrected chi connectivity index (χ2v) is 8.73. The summed E-state index contributed by atoms with van der Waals surface area (Å²) in [6.07, 6.45) is 4.27. The topological polar surface area (TPSA) is 73.1 Å². The van der Waals surface area contributed by atoms with Gasteiger partial charge in [-0.25, -0.2) is 4.52 Å². The summed E-state index contributed by atoms with van der Waals surface area (Å²) in [7, 11) is 1.63. The summed E-state index contributed by atoms with van der Waals surface area (Å²) in [5.74, 6) is 1.50. The Morgan fingerprint density at radius 2 is 2.00 bits per heavy atom. The van der Waals surface area contributed by atoms with Gasteiger partial charge in [-0.05, 0) is 53.5 Å². The van der Waals surface area contributed by atoms with Crippen LogP contribution in [0.25, 0.3) is 5.52 Å². The Labute approximate surface area is 189 Å². The summed E-state index contributed by atoms with van der Waals surface area (Å²) in [5.41, 5.74) is 2.15. The highest BCUT2D eigenvalue weighted by atomic mass is 79.9. The molecule has 0 bridgehead atoms. The molecule has 1 amide bonds. The van der Waals surface area contributed by atoms with Gasteiger partial charge in [-0.3, -0.25) is 9.59 Å². The largest absolute Gasteiger partial charge is 0.497 e. The van der Waals surface area contributed by atoms with Crippen LogP contribution in [0.15, 0.2) is 47.2 Å². The third-order valence-electron chi connectivity index (χ3n) is 5.93. The minimum atomic E-state index is -0.218. The second kappa shape index (κ2) is 8.70. The molecule has 0 radical (unpaired) electrons. The van der Waals surface area contributed by atoms with Crippen molar-refractivity contribution in [3.8, 4) is 11.5 Å². The van der Waals surface area contributed by atoms with Gasteiger partial charge in [0.2, 0.25) is 5.91 Å². The number of halogens is 1. The molecule has 1 saturated heterocycles. The van der Waals surface area contributed by atoms with Crippen molar-refractivity contribution in [2.75, 3.05) is 13.7 Å². The zero-order valence-electron chi connectivity index (χ0n) is 17.6. The Morgan fingerprint density at radius 3 is 2.68 bits per heavy atom. The highest BCUT2D eigenvalue weighted by Crippen LogP contribution is 2.34. The molecule has 7 nitrogen and oxygen atoms in total. The van der Waals surface area contributed by atoms with Crippen LogP contribution in [0.5, 0.6) is 11.5 Å². The smallest absolute Gasteiger partial charge is 0.223 e. The summed E-state index contributed by atoms with van der Waals surface area (Å²) in [4.78, 5) is 26.1. The lowest BCUT2D eigenvalue weighted by Gasteiger charge is -2.27. The summed E-state index contributed by atoms with van der Waals surface area (Å²) in [6, 6.07) is 9.58. The predicted molar refractivity (Wildman–Crippen MR) is 120 cm³/mol. The van der Waals surface area contributed by atoms with Crippen LogP contribution >= 0.6 is 15.9 Å². The van der Waals surface area contributed by atoms with E-state index in [1.807, 2.05) is 49.1 Å². The van der Waals surface area contributed by atoms with Crippen molar-refractivity contribution in [2.24, 2.45) is 5.92 Å². The van der Waals surface area contributed by atoms with Crippen molar-refractivity contribution in [1.82, 2.24) is 14.5 Å². The van der Waals surface area contributed by atoms with Crippen molar-refractivity contribution in [1.29, 1.82) is 0 Å². The second-order valence-electron chi connectivity index (χ2n) is 7.82. The number of hydrogen-bond donors (Lipinski definition) is 0. The number of carbonyl (C=O) groups is 2. The van der Waals surface area contributed by atoms with E-state index in [1.165, 1.54) is 6.20 Å². The van der Waals surface area contributed by atoms with Crippen LogP contribution in [0.4, 0.5) is 0 Å². The maximum atomic E-state index is 12.8. The van der Waals surface area contributed by atoms with Gasteiger partial charge in [0.25, 0.3) is 0 Å². The van der Waals surface area contributed by atoms with Crippen LogP contribution in [0.1, 0.15) is 42.2 Å². The fourth-order valence-electron chi connectivity index (χ4n) is 4.06. The van der Waals surface area contributed by atoms with Crippen molar-refractivity contribution in [3.05, 3.63) is 58.3 Å². The van der Waals surface area contributed by atoms with Gasteiger partial charge in [0.1, 0.15) is 23.1 Å². The maximum absolute atomic E-state index is 12.8. The van der Waals surface area contributed by atoms with Gasteiger partial charge in [0, 0.05) is 29.6 Å². The van der Waals surface area contributed by atoms with E-state index in [4.69, 9.17) is 9.47 Å². The zero-order chi connectivity index (χ0) is 22.1. The number of benzene rings is 1. The first-order valence-electron chi connectivity index (χ1n) is 10.1. The molecule has 1 unspecified atom stereocenters. The molecular weight excluding hydrogens is 462 g/mol. The van der Waals surface area contributed by atoms with Gasteiger partial charge in [-0.15, -0.1) is 0 Å². The number of pyridine rings is 1. The quantitative estimate of drug-likeness (QED) is 0.466. The van der Waals surface area contributed by atoms with E-state index in [9.17, 15) is 9.59 Å². The van der Waals surface area contributed by atoms with E-state index in [0.717, 1.165) is 22.1 Å². The van der Waals surface area contributed by atoms with E-state index >= 15 is 0 Å². The van der Waals surface area contributed by atoms with E-state index in [0.29, 0.717) is 29.8 Å². The van der Waals surface area contributed by atoms with Crippen molar-refractivity contribution >= 4 is 33.6 Å². The minimum Gasteiger partial charge on any atom is -0.497 e. The molecule has 162 valence electrons. The molecule has 1 fully saturated rings. The maximum Gasteiger partial charge on any atom is 0.223 e. The summed E-state index contributed by atoms with van der Waals surface area (Å²) in [5, 5.41) is 4.21. The van der Waals surface area contributed by atoms with Crippen molar-refractivity contribution in [3.63, 3.8) is 0 Å². The average molecular weight is 486 g/mol. The van der Waals surface area contributed by atoms with Crippen LogP contribution in [0.3, 0.4) is 0 Å². The number of hydrogen-bond acceptors (Lipinski definition) is 5. The van der Waals surface area contributed by atoms with Gasteiger partial charge < -0.3 is 14.4 Å². The van der Waals surface area contributed by atoms with Gasteiger partial charge in [-0.1, -0.05) is 12.1 Å². The molecule has 3 heterocycles.